The van der Waals surface area contributed by atoms with Crippen molar-refractivity contribution in [1.29, 1.82) is 0 Å². The van der Waals surface area contributed by atoms with Crippen LogP contribution in [0.25, 0.3) is 0 Å². The third-order valence-electron chi connectivity index (χ3n) is 3.57. The van der Waals surface area contributed by atoms with Gasteiger partial charge in [0.05, 0.1) is 0 Å². The molecule has 0 radical (unpaired) electrons. The Kier molecular flexibility index (Phi) is 4.68. The summed E-state index contributed by atoms with van der Waals surface area (Å²) < 4.78 is 28.1. The van der Waals surface area contributed by atoms with Crippen LogP contribution >= 0.6 is 0 Å². The van der Waals surface area contributed by atoms with E-state index in [0.717, 1.165) is 6.42 Å². The van der Waals surface area contributed by atoms with Crippen LogP contribution in [-0.4, -0.2) is 19.6 Å². The predicted octanol–water partition coefficient (Wildman–Crippen LogP) is 3.31. The first-order chi connectivity index (χ1) is 8.33. The Morgan fingerprint density at radius 2 is 1.72 bits per heavy atom. The lowest BCUT2D eigenvalue weighted by atomic mass is 9.98. The summed E-state index contributed by atoms with van der Waals surface area (Å²) in [6.45, 7) is 6.39. The third-order valence-corrected chi connectivity index (χ3v) is 3.57. The summed E-state index contributed by atoms with van der Waals surface area (Å²) in [7, 11) is 3.47. The highest BCUT2D eigenvalue weighted by Gasteiger charge is 2.26. The minimum atomic E-state index is -0.510. The molecule has 0 aliphatic heterocycles. The maximum Gasteiger partial charge on any atom is 0.149 e. The van der Waals surface area contributed by atoms with Gasteiger partial charge < -0.3 is 10.2 Å². The summed E-state index contributed by atoms with van der Waals surface area (Å²) >= 11 is 0. The molecule has 0 aromatic heterocycles. The van der Waals surface area contributed by atoms with Crippen molar-refractivity contribution >= 4 is 5.69 Å². The molecule has 0 unspecified atom stereocenters. The Labute approximate surface area is 108 Å². The van der Waals surface area contributed by atoms with Crippen molar-refractivity contribution in [2.75, 3.05) is 19.0 Å². The summed E-state index contributed by atoms with van der Waals surface area (Å²) in [5, 5.41) is 2.88. The highest BCUT2D eigenvalue weighted by Crippen LogP contribution is 2.30. The molecule has 0 spiro atoms. The first-order valence-corrected chi connectivity index (χ1v) is 6.19. The number of nitrogens with one attached hydrogen (secondary N) is 1. The molecule has 0 heterocycles. The number of hydrogen-bond donors (Lipinski definition) is 1. The Balaban J connectivity index is 3.18. The molecule has 1 N–H and O–H groups in total. The summed E-state index contributed by atoms with van der Waals surface area (Å²) in [6.07, 6.45) is 0.806. The van der Waals surface area contributed by atoms with Crippen LogP contribution in [0.2, 0.25) is 0 Å². The molecular formula is C14H22F2N2. The second-order valence-electron chi connectivity index (χ2n) is 5.16. The fourth-order valence-electron chi connectivity index (χ4n) is 1.78. The van der Waals surface area contributed by atoms with Crippen molar-refractivity contribution in [1.82, 2.24) is 5.32 Å². The van der Waals surface area contributed by atoms with E-state index in [0.29, 0.717) is 12.1 Å². The van der Waals surface area contributed by atoms with Crippen LogP contribution in [0.1, 0.15) is 32.8 Å². The van der Waals surface area contributed by atoms with Crippen LogP contribution in [0.15, 0.2) is 12.1 Å². The van der Waals surface area contributed by atoms with E-state index in [1.807, 2.05) is 20.8 Å². The minimum Gasteiger partial charge on any atom is -0.365 e. The Morgan fingerprint density at radius 3 is 2.11 bits per heavy atom. The van der Waals surface area contributed by atoms with Gasteiger partial charge in [0.15, 0.2) is 0 Å². The molecule has 1 aromatic rings. The van der Waals surface area contributed by atoms with Crippen LogP contribution in [0, 0.1) is 11.6 Å². The van der Waals surface area contributed by atoms with Crippen molar-refractivity contribution < 1.29 is 8.78 Å². The van der Waals surface area contributed by atoms with Gasteiger partial charge in [-0.15, -0.1) is 0 Å². The van der Waals surface area contributed by atoms with E-state index in [4.69, 9.17) is 0 Å². The quantitative estimate of drug-likeness (QED) is 0.869. The van der Waals surface area contributed by atoms with Gasteiger partial charge in [-0.25, -0.2) is 8.78 Å². The molecule has 4 heteroatoms. The van der Waals surface area contributed by atoms with Gasteiger partial charge in [-0.3, -0.25) is 0 Å². The molecule has 0 saturated carbocycles. The fraction of sp³-hybridized carbons (Fsp3) is 0.571. The van der Waals surface area contributed by atoms with E-state index in [1.54, 1.807) is 19.0 Å². The Bertz CT molecular complexity index is 393. The van der Waals surface area contributed by atoms with Crippen LogP contribution in [0.4, 0.5) is 14.5 Å². The van der Waals surface area contributed by atoms with Gasteiger partial charge in [-0.2, -0.15) is 0 Å². The number of benzene rings is 1. The summed E-state index contributed by atoms with van der Waals surface area (Å²) in [5.74, 6) is -1.02. The van der Waals surface area contributed by atoms with Crippen molar-refractivity contribution in [3.63, 3.8) is 0 Å². The van der Waals surface area contributed by atoms with Gasteiger partial charge >= 0.3 is 0 Å². The van der Waals surface area contributed by atoms with Gasteiger partial charge in [0.25, 0.3) is 0 Å². The Morgan fingerprint density at radius 1 is 1.22 bits per heavy atom. The fourth-order valence-corrected chi connectivity index (χ4v) is 1.78. The second kappa shape index (κ2) is 5.65. The summed E-state index contributed by atoms with van der Waals surface area (Å²) in [6, 6.07) is 2.77. The van der Waals surface area contributed by atoms with E-state index in [1.165, 1.54) is 12.1 Å². The first-order valence-electron chi connectivity index (χ1n) is 6.19. The van der Waals surface area contributed by atoms with Crippen LogP contribution < -0.4 is 10.2 Å². The van der Waals surface area contributed by atoms with E-state index in [2.05, 4.69) is 5.32 Å². The van der Waals surface area contributed by atoms with E-state index in [-0.39, 0.29) is 11.2 Å². The molecule has 102 valence electrons. The van der Waals surface area contributed by atoms with Crippen LogP contribution in [0.3, 0.4) is 0 Å². The smallest absolute Gasteiger partial charge is 0.149 e. The lowest BCUT2D eigenvalue weighted by molar-refractivity contribution is 0.451. The average molecular weight is 256 g/mol. The third kappa shape index (κ3) is 2.99. The van der Waals surface area contributed by atoms with Gasteiger partial charge in [0.2, 0.25) is 0 Å². The molecule has 0 aliphatic rings. The molecule has 0 fully saturated rings. The number of rotatable bonds is 5. The van der Waals surface area contributed by atoms with Crippen molar-refractivity contribution in [3.05, 3.63) is 29.3 Å². The molecule has 0 saturated heterocycles. The summed E-state index contributed by atoms with van der Waals surface area (Å²) in [5.41, 5.74) is 0.368. The number of nitrogens with zero attached hydrogens (tertiary/aromatic N) is 1. The summed E-state index contributed by atoms with van der Waals surface area (Å²) in [4.78, 5) is 1.67. The maximum absolute atomic E-state index is 14.0. The molecule has 1 rings (SSSR count). The zero-order valence-electron chi connectivity index (χ0n) is 11.8. The van der Waals surface area contributed by atoms with Gasteiger partial charge in [-0.05, 0) is 45.0 Å². The standard InChI is InChI=1S/C14H22F2N2/c1-6-14(2,3)18(5)13-11(15)7-10(9-17-4)8-12(13)16/h7-8,17H,6,9H2,1-5H3. The lowest BCUT2D eigenvalue weighted by Gasteiger charge is -2.37. The molecule has 18 heavy (non-hydrogen) atoms. The zero-order chi connectivity index (χ0) is 13.9. The lowest BCUT2D eigenvalue weighted by Crippen LogP contribution is -2.41. The van der Waals surface area contributed by atoms with Gasteiger partial charge in [0, 0.05) is 19.1 Å². The maximum atomic E-state index is 14.0. The van der Waals surface area contributed by atoms with E-state index < -0.39 is 11.6 Å². The molecule has 2 nitrogen and oxygen atoms in total. The SMILES string of the molecule is CCC(C)(C)N(C)c1c(F)cc(CNC)cc1F. The Hall–Kier alpha value is -1.16. The van der Waals surface area contributed by atoms with E-state index >= 15 is 0 Å². The highest BCUT2D eigenvalue weighted by molar-refractivity contribution is 5.52. The van der Waals surface area contributed by atoms with Gasteiger partial charge in [0.1, 0.15) is 17.3 Å². The van der Waals surface area contributed by atoms with Crippen LogP contribution in [0.5, 0.6) is 0 Å². The minimum absolute atomic E-state index is 0.0432. The van der Waals surface area contributed by atoms with Crippen molar-refractivity contribution in [2.45, 2.75) is 39.3 Å². The molecular weight excluding hydrogens is 234 g/mol. The normalized spacial score (nSPS) is 11.7. The molecule has 0 amide bonds. The predicted molar refractivity (Wildman–Crippen MR) is 71.9 cm³/mol. The highest BCUT2D eigenvalue weighted by atomic mass is 19.1. The second-order valence-corrected chi connectivity index (χ2v) is 5.16. The molecule has 1 aromatic carbocycles. The largest absolute Gasteiger partial charge is 0.365 e. The van der Waals surface area contributed by atoms with Crippen LogP contribution in [-0.2, 0) is 6.54 Å². The van der Waals surface area contributed by atoms with Crippen molar-refractivity contribution in [3.8, 4) is 0 Å². The topological polar surface area (TPSA) is 15.3 Å². The average Bonchev–Trinajstić information content (AvgIpc) is 2.28. The van der Waals surface area contributed by atoms with E-state index in [9.17, 15) is 8.78 Å². The zero-order valence-corrected chi connectivity index (χ0v) is 11.8. The number of anilines is 1. The number of halogens is 2. The molecule has 0 aliphatic carbocycles. The van der Waals surface area contributed by atoms with Gasteiger partial charge in [-0.1, -0.05) is 6.92 Å². The molecule has 0 atom stereocenters. The monoisotopic (exact) mass is 256 g/mol. The first kappa shape index (κ1) is 14.9. The van der Waals surface area contributed by atoms with Crippen molar-refractivity contribution in [2.24, 2.45) is 0 Å². The number of hydrogen-bond acceptors (Lipinski definition) is 2. The molecule has 0 bridgehead atoms.